The van der Waals surface area contributed by atoms with Crippen molar-refractivity contribution in [3.8, 4) is 5.75 Å². The molecule has 2 N–H and O–H groups in total. The van der Waals surface area contributed by atoms with Gasteiger partial charge in [-0.3, -0.25) is 0 Å². The Kier molecular flexibility index (Phi) is 2.57. The number of phenolic OH excluding ortho intramolecular Hbond substituents is 1. The van der Waals surface area contributed by atoms with E-state index in [1.807, 2.05) is 6.92 Å². The number of allylic oxidation sites excluding steroid dienone is 1. The molecule has 1 aromatic rings. The van der Waals surface area contributed by atoms with E-state index < -0.39 is 0 Å². The molecule has 0 heterocycles. The van der Waals surface area contributed by atoms with Crippen LogP contribution < -0.4 is 5.32 Å². The maximum atomic E-state index is 8.99. The minimum absolute atomic E-state index is 0.265. The summed E-state index contributed by atoms with van der Waals surface area (Å²) in [6.07, 6.45) is 0. The number of anilines is 1. The Labute approximate surface area is 71.9 Å². The number of hydrogen-bond donors (Lipinski definition) is 2. The topological polar surface area (TPSA) is 32.3 Å². The second-order valence-corrected chi connectivity index (χ2v) is 2.47. The van der Waals surface area contributed by atoms with E-state index >= 15 is 0 Å². The Morgan fingerprint density at radius 3 is 2.50 bits per heavy atom. The van der Waals surface area contributed by atoms with Gasteiger partial charge in [0.1, 0.15) is 5.75 Å². The van der Waals surface area contributed by atoms with Crippen molar-refractivity contribution in [3.63, 3.8) is 0 Å². The standard InChI is InChI=1S/C10H11NO/c1-3-8(2)11-9-4-6-10(12)7-5-9/h4-7,11-12H,1H2,2H3. The lowest BCUT2D eigenvalue weighted by molar-refractivity contribution is 0.475. The molecule has 1 aromatic carbocycles. The van der Waals surface area contributed by atoms with Gasteiger partial charge in [-0.2, -0.15) is 0 Å². The summed E-state index contributed by atoms with van der Waals surface area (Å²) in [5.41, 5.74) is 4.50. The fourth-order valence-corrected chi connectivity index (χ4v) is 0.805. The fourth-order valence-electron chi connectivity index (χ4n) is 0.805. The third kappa shape index (κ3) is 2.19. The zero-order valence-electron chi connectivity index (χ0n) is 6.96. The van der Waals surface area contributed by atoms with Gasteiger partial charge in [-0.1, -0.05) is 6.58 Å². The van der Waals surface area contributed by atoms with Gasteiger partial charge in [-0.15, -0.1) is 5.73 Å². The molecular formula is C10H11NO. The molecule has 12 heavy (non-hydrogen) atoms. The molecule has 0 aliphatic heterocycles. The quantitative estimate of drug-likeness (QED) is 0.516. The normalized spacial score (nSPS) is 8.75. The lowest BCUT2D eigenvalue weighted by atomic mass is 10.3. The average molecular weight is 161 g/mol. The van der Waals surface area contributed by atoms with Gasteiger partial charge in [0.15, 0.2) is 0 Å². The predicted molar refractivity (Wildman–Crippen MR) is 50.1 cm³/mol. The van der Waals surface area contributed by atoms with E-state index in [4.69, 9.17) is 5.11 Å². The van der Waals surface area contributed by atoms with Crippen molar-refractivity contribution >= 4 is 5.69 Å². The Morgan fingerprint density at radius 2 is 2.00 bits per heavy atom. The highest BCUT2D eigenvalue weighted by Gasteiger charge is 1.91. The van der Waals surface area contributed by atoms with Crippen molar-refractivity contribution in [2.45, 2.75) is 6.92 Å². The molecule has 0 aliphatic carbocycles. The molecule has 0 aromatic heterocycles. The Balaban J connectivity index is 2.78. The summed E-state index contributed by atoms with van der Waals surface area (Å²) in [5.74, 6) is 0.265. The third-order valence-corrected chi connectivity index (χ3v) is 1.46. The van der Waals surface area contributed by atoms with Crippen molar-refractivity contribution in [3.05, 3.63) is 42.3 Å². The lowest BCUT2D eigenvalue weighted by Gasteiger charge is -2.03. The van der Waals surface area contributed by atoms with Crippen LogP contribution in [-0.2, 0) is 0 Å². The van der Waals surface area contributed by atoms with Crippen LogP contribution in [0.2, 0.25) is 0 Å². The molecule has 0 saturated heterocycles. The molecule has 62 valence electrons. The smallest absolute Gasteiger partial charge is 0.115 e. The molecule has 0 spiro atoms. The Bertz CT molecular complexity index is 307. The number of benzene rings is 1. The molecule has 0 fully saturated rings. The van der Waals surface area contributed by atoms with E-state index in [1.165, 1.54) is 0 Å². The van der Waals surface area contributed by atoms with Crippen molar-refractivity contribution in [1.29, 1.82) is 0 Å². The SMILES string of the molecule is C=C=C(C)Nc1ccc(O)cc1. The number of nitrogens with one attached hydrogen (secondary N) is 1. The first-order valence-corrected chi connectivity index (χ1v) is 3.65. The zero-order valence-corrected chi connectivity index (χ0v) is 6.96. The molecule has 0 unspecified atom stereocenters. The van der Waals surface area contributed by atoms with Crippen LogP contribution in [-0.4, -0.2) is 5.11 Å². The van der Waals surface area contributed by atoms with Gasteiger partial charge in [-0.05, 0) is 31.2 Å². The largest absolute Gasteiger partial charge is 0.508 e. The summed E-state index contributed by atoms with van der Waals surface area (Å²) in [5, 5.41) is 12.0. The molecule has 0 aliphatic rings. The summed E-state index contributed by atoms with van der Waals surface area (Å²) in [6, 6.07) is 6.82. The molecule has 0 saturated carbocycles. The van der Waals surface area contributed by atoms with Crippen LogP contribution in [0.25, 0.3) is 0 Å². The molecule has 0 atom stereocenters. The van der Waals surface area contributed by atoms with Crippen molar-refractivity contribution in [1.82, 2.24) is 0 Å². The molecule has 2 nitrogen and oxygen atoms in total. The molecule has 1 rings (SSSR count). The molecular weight excluding hydrogens is 150 g/mol. The third-order valence-electron chi connectivity index (χ3n) is 1.46. The van der Waals surface area contributed by atoms with Crippen LogP contribution >= 0.6 is 0 Å². The maximum Gasteiger partial charge on any atom is 0.115 e. The van der Waals surface area contributed by atoms with Gasteiger partial charge in [0.05, 0.1) is 5.70 Å². The van der Waals surface area contributed by atoms with E-state index in [-0.39, 0.29) is 5.75 Å². The van der Waals surface area contributed by atoms with Crippen LogP contribution in [0.4, 0.5) is 5.69 Å². The number of hydrogen-bond acceptors (Lipinski definition) is 2. The van der Waals surface area contributed by atoms with Crippen LogP contribution in [0.5, 0.6) is 5.75 Å². The maximum absolute atomic E-state index is 8.99. The van der Waals surface area contributed by atoms with Gasteiger partial charge >= 0.3 is 0 Å². The van der Waals surface area contributed by atoms with Gasteiger partial charge in [-0.25, -0.2) is 0 Å². The van der Waals surface area contributed by atoms with Crippen LogP contribution in [0.15, 0.2) is 42.3 Å². The second kappa shape index (κ2) is 3.65. The molecule has 2 heteroatoms. The van der Waals surface area contributed by atoms with Gasteiger partial charge in [0.2, 0.25) is 0 Å². The van der Waals surface area contributed by atoms with Crippen LogP contribution in [0.1, 0.15) is 6.92 Å². The fraction of sp³-hybridized carbons (Fsp3) is 0.100. The second-order valence-electron chi connectivity index (χ2n) is 2.47. The summed E-state index contributed by atoms with van der Waals surface area (Å²) >= 11 is 0. The van der Waals surface area contributed by atoms with Crippen molar-refractivity contribution < 1.29 is 5.11 Å². The van der Waals surface area contributed by atoms with Gasteiger partial charge in [0.25, 0.3) is 0 Å². The highest BCUT2D eigenvalue weighted by molar-refractivity contribution is 5.49. The van der Waals surface area contributed by atoms with Gasteiger partial charge < -0.3 is 10.4 Å². The summed E-state index contributed by atoms with van der Waals surface area (Å²) in [6.45, 7) is 5.38. The van der Waals surface area contributed by atoms with E-state index in [2.05, 4.69) is 17.6 Å². The minimum Gasteiger partial charge on any atom is -0.508 e. The van der Waals surface area contributed by atoms with E-state index in [9.17, 15) is 0 Å². The van der Waals surface area contributed by atoms with Crippen LogP contribution in [0.3, 0.4) is 0 Å². The Hall–Kier alpha value is -1.66. The zero-order chi connectivity index (χ0) is 8.97. The number of rotatable bonds is 2. The van der Waals surface area contributed by atoms with Gasteiger partial charge in [0, 0.05) is 5.69 Å². The molecule has 0 radical (unpaired) electrons. The number of phenols is 1. The Morgan fingerprint density at radius 1 is 1.42 bits per heavy atom. The van der Waals surface area contributed by atoms with Crippen molar-refractivity contribution in [2.75, 3.05) is 5.32 Å². The van der Waals surface area contributed by atoms with E-state index in [0.29, 0.717) is 0 Å². The van der Waals surface area contributed by atoms with E-state index in [0.717, 1.165) is 11.4 Å². The summed E-state index contributed by atoms with van der Waals surface area (Å²) in [4.78, 5) is 0. The monoisotopic (exact) mass is 161 g/mol. The first kappa shape index (κ1) is 8.44. The number of aromatic hydroxyl groups is 1. The van der Waals surface area contributed by atoms with E-state index in [1.54, 1.807) is 24.3 Å². The van der Waals surface area contributed by atoms with Crippen LogP contribution in [0, 0.1) is 0 Å². The van der Waals surface area contributed by atoms with Crippen molar-refractivity contribution in [2.24, 2.45) is 0 Å². The minimum atomic E-state index is 0.265. The lowest BCUT2D eigenvalue weighted by Crippen LogP contribution is -1.92. The summed E-state index contributed by atoms with van der Waals surface area (Å²) in [7, 11) is 0. The predicted octanol–water partition coefficient (Wildman–Crippen LogP) is 2.49. The first-order chi connectivity index (χ1) is 5.72. The molecule has 0 amide bonds. The molecule has 0 bridgehead atoms. The first-order valence-electron chi connectivity index (χ1n) is 3.65. The summed E-state index contributed by atoms with van der Waals surface area (Å²) < 4.78 is 0. The highest BCUT2D eigenvalue weighted by Crippen LogP contribution is 2.14. The average Bonchev–Trinajstić information content (AvgIpc) is 2.09. The highest BCUT2D eigenvalue weighted by atomic mass is 16.3.